The second-order valence-electron chi connectivity index (χ2n) is 9.52. The van der Waals surface area contributed by atoms with Crippen LogP contribution < -0.4 is 24.8 Å². The lowest BCUT2D eigenvalue weighted by atomic mass is 9.83. The van der Waals surface area contributed by atoms with Crippen molar-refractivity contribution in [3.8, 4) is 17.2 Å². The first kappa shape index (κ1) is 24.5. The molecule has 1 fully saturated rings. The minimum Gasteiger partial charge on any atom is -0.497 e. The average molecular weight is 502 g/mol. The van der Waals surface area contributed by atoms with Crippen molar-refractivity contribution in [2.45, 2.75) is 25.8 Å². The molecule has 2 heterocycles. The molecule has 8 heteroatoms. The van der Waals surface area contributed by atoms with Gasteiger partial charge in [-0.05, 0) is 48.7 Å². The number of anilines is 1. The number of benzene rings is 3. The van der Waals surface area contributed by atoms with Crippen molar-refractivity contribution in [2.24, 2.45) is 5.92 Å². The molecular weight excluding hydrogens is 470 g/mol. The lowest BCUT2D eigenvalue weighted by molar-refractivity contribution is -0.126. The van der Waals surface area contributed by atoms with E-state index in [0.29, 0.717) is 49.0 Å². The van der Waals surface area contributed by atoms with Gasteiger partial charge in [-0.1, -0.05) is 42.0 Å². The van der Waals surface area contributed by atoms with Gasteiger partial charge in [-0.25, -0.2) is 4.79 Å². The first-order valence-electron chi connectivity index (χ1n) is 12.4. The summed E-state index contributed by atoms with van der Waals surface area (Å²) in [5, 5.41) is 6.02. The van der Waals surface area contributed by atoms with Crippen molar-refractivity contribution >= 4 is 17.6 Å². The van der Waals surface area contributed by atoms with Gasteiger partial charge in [0.2, 0.25) is 12.7 Å². The van der Waals surface area contributed by atoms with E-state index in [1.807, 2.05) is 42.5 Å². The Hall–Kier alpha value is -4.20. The van der Waals surface area contributed by atoms with E-state index in [1.165, 1.54) is 0 Å². The minimum absolute atomic E-state index is 0.0472. The summed E-state index contributed by atoms with van der Waals surface area (Å²) < 4.78 is 16.1. The smallest absolute Gasteiger partial charge is 0.321 e. The van der Waals surface area contributed by atoms with Crippen molar-refractivity contribution in [3.63, 3.8) is 0 Å². The number of aryl methyl sites for hydroxylation is 1. The minimum atomic E-state index is -0.343. The molecule has 2 atom stereocenters. The van der Waals surface area contributed by atoms with Crippen LogP contribution in [0.2, 0.25) is 0 Å². The molecule has 0 aromatic heterocycles. The van der Waals surface area contributed by atoms with E-state index in [0.717, 1.165) is 16.7 Å². The number of urea groups is 1. The summed E-state index contributed by atoms with van der Waals surface area (Å²) in [6, 6.07) is 20.9. The Morgan fingerprint density at radius 3 is 2.68 bits per heavy atom. The highest BCUT2D eigenvalue weighted by atomic mass is 16.7. The van der Waals surface area contributed by atoms with Gasteiger partial charge < -0.3 is 29.7 Å². The second kappa shape index (κ2) is 10.8. The van der Waals surface area contributed by atoms with E-state index in [9.17, 15) is 9.59 Å². The molecule has 1 saturated heterocycles. The Morgan fingerprint density at radius 2 is 1.84 bits per heavy atom. The number of hydrogen-bond acceptors (Lipinski definition) is 5. The molecule has 0 radical (unpaired) electrons. The van der Waals surface area contributed by atoms with Crippen LogP contribution in [-0.4, -0.2) is 43.8 Å². The number of nitrogens with zero attached hydrogens (tertiary/aromatic N) is 1. The zero-order valence-electron chi connectivity index (χ0n) is 21.0. The Morgan fingerprint density at radius 1 is 1.00 bits per heavy atom. The molecule has 8 nitrogen and oxygen atoms in total. The first-order valence-corrected chi connectivity index (χ1v) is 12.4. The summed E-state index contributed by atoms with van der Waals surface area (Å²) in [7, 11) is 1.59. The van der Waals surface area contributed by atoms with Gasteiger partial charge in [0.05, 0.1) is 13.0 Å². The van der Waals surface area contributed by atoms with E-state index >= 15 is 0 Å². The van der Waals surface area contributed by atoms with Gasteiger partial charge in [0.1, 0.15) is 5.75 Å². The molecule has 3 amide bonds. The van der Waals surface area contributed by atoms with Crippen LogP contribution in [0.4, 0.5) is 10.5 Å². The van der Waals surface area contributed by atoms with Crippen LogP contribution in [0.25, 0.3) is 0 Å². The number of fused-ring (bicyclic) bond motifs is 1. The summed E-state index contributed by atoms with van der Waals surface area (Å²) >= 11 is 0. The van der Waals surface area contributed by atoms with Crippen molar-refractivity contribution < 1.29 is 23.8 Å². The van der Waals surface area contributed by atoms with E-state index in [2.05, 4.69) is 35.8 Å². The van der Waals surface area contributed by atoms with Crippen molar-refractivity contribution in [3.05, 3.63) is 83.4 Å². The Kier molecular flexibility index (Phi) is 7.16. The number of piperidine rings is 1. The lowest BCUT2D eigenvalue weighted by Gasteiger charge is -2.37. The standard InChI is InChI=1S/C29H31N3O5/c1-19-5-3-6-21(11-19)22-13-23(28(33)30-15-20-9-10-26-27(12-20)37-18-36-26)17-32(16-22)29(34)31-24-7-4-8-25(14-24)35-2/h3-12,14,22-23H,13,15-18H2,1-2H3,(H,30,33)(H,31,34). The third kappa shape index (κ3) is 5.80. The highest BCUT2D eigenvalue weighted by Gasteiger charge is 2.34. The van der Waals surface area contributed by atoms with Crippen molar-refractivity contribution in [1.82, 2.24) is 10.2 Å². The van der Waals surface area contributed by atoms with Crippen molar-refractivity contribution in [2.75, 3.05) is 32.3 Å². The van der Waals surface area contributed by atoms with E-state index in [-0.39, 0.29) is 30.6 Å². The number of carbonyl (C=O) groups excluding carboxylic acids is 2. The Bertz CT molecular complexity index is 1290. The summed E-state index contributed by atoms with van der Waals surface area (Å²) in [5.41, 5.74) is 3.86. The second-order valence-corrected chi connectivity index (χ2v) is 9.52. The zero-order chi connectivity index (χ0) is 25.8. The number of hydrogen-bond donors (Lipinski definition) is 2. The number of nitrogens with one attached hydrogen (secondary N) is 2. The molecule has 192 valence electrons. The van der Waals surface area contributed by atoms with Gasteiger partial charge in [0.25, 0.3) is 0 Å². The summed E-state index contributed by atoms with van der Waals surface area (Å²) in [5.74, 6) is 1.68. The molecule has 2 unspecified atom stereocenters. The quantitative estimate of drug-likeness (QED) is 0.512. The van der Waals surface area contributed by atoms with E-state index in [1.54, 1.807) is 18.1 Å². The summed E-state index contributed by atoms with van der Waals surface area (Å²) in [4.78, 5) is 28.3. The molecule has 3 aromatic rings. The van der Waals surface area contributed by atoms with Gasteiger partial charge in [-0.15, -0.1) is 0 Å². The largest absolute Gasteiger partial charge is 0.497 e. The SMILES string of the molecule is COc1cccc(NC(=O)N2CC(C(=O)NCc3ccc4c(c3)OCO4)CC(c3cccc(C)c3)C2)c1. The molecule has 5 rings (SSSR count). The van der Waals surface area contributed by atoms with E-state index < -0.39 is 0 Å². The van der Waals surface area contributed by atoms with Crippen LogP contribution in [0, 0.1) is 12.8 Å². The average Bonchev–Trinajstić information content (AvgIpc) is 3.39. The summed E-state index contributed by atoms with van der Waals surface area (Å²) in [6.45, 7) is 3.50. The molecule has 0 aliphatic carbocycles. The Labute approximate surface area is 216 Å². The molecule has 37 heavy (non-hydrogen) atoms. The van der Waals surface area contributed by atoms with Crippen molar-refractivity contribution in [1.29, 1.82) is 0 Å². The topological polar surface area (TPSA) is 89.1 Å². The third-order valence-corrected chi connectivity index (χ3v) is 6.85. The number of carbonyl (C=O) groups is 2. The molecule has 2 N–H and O–H groups in total. The Balaban J connectivity index is 1.30. The highest BCUT2D eigenvalue weighted by Crippen LogP contribution is 2.33. The predicted octanol–water partition coefficient (Wildman–Crippen LogP) is 4.69. The third-order valence-electron chi connectivity index (χ3n) is 6.85. The molecule has 0 spiro atoms. The van der Waals surface area contributed by atoms with Gasteiger partial charge in [-0.3, -0.25) is 4.79 Å². The maximum atomic E-state index is 13.3. The zero-order valence-corrected chi connectivity index (χ0v) is 21.0. The maximum Gasteiger partial charge on any atom is 0.321 e. The fourth-order valence-electron chi connectivity index (χ4n) is 4.91. The maximum absolute atomic E-state index is 13.3. The van der Waals surface area contributed by atoms with Gasteiger partial charge >= 0.3 is 6.03 Å². The highest BCUT2D eigenvalue weighted by molar-refractivity contribution is 5.90. The van der Waals surface area contributed by atoms with Gasteiger partial charge in [0, 0.05) is 37.3 Å². The van der Waals surface area contributed by atoms with Gasteiger partial charge in [-0.2, -0.15) is 0 Å². The van der Waals surface area contributed by atoms with Crippen LogP contribution in [0.1, 0.15) is 29.0 Å². The van der Waals surface area contributed by atoms with E-state index in [4.69, 9.17) is 14.2 Å². The van der Waals surface area contributed by atoms with Crippen LogP contribution in [-0.2, 0) is 11.3 Å². The molecule has 2 aliphatic rings. The van der Waals surface area contributed by atoms with Crippen LogP contribution in [0.3, 0.4) is 0 Å². The normalized spacial score (nSPS) is 18.3. The molecule has 3 aromatic carbocycles. The monoisotopic (exact) mass is 501 g/mol. The molecule has 2 aliphatic heterocycles. The number of methoxy groups -OCH3 is 1. The summed E-state index contributed by atoms with van der Waals surface area (Å²) in [6.07, 6.45) is 0.666. The number of ether oxygens (including phenoxy) is 3. The van der Waals surface area contributed by atoms with Crippen LogP contribution in [0.15, 0.2) is 66.7 Å². The first-order chi connectivity index (χ1) is 18.0. The fraction of sp³-hybridized carbons (Fsp3) is 0.310. The number of likely N-dealkylation sites (tertiary alicyclic amines) is 1. The molecular formula is C29H31N3O5. The fourth-order valence-corrected chi connectivity index (χ4v) is 4.91. The molecule has 0 saturated carbocycles. The van der Waals surface area contributed by atoms with Crippen LogP contribution in [0.5, 0.6) is 17.2 Å². The number of amides is 3. The van der Waals surface area contributed by atoms with Gasteiger partial charge in [0.15, 0.2) is 11.5 Å². The lowest BCUT2D eigenvalue weighted by Crippen LogP contribution is -2.49. The number of rotatable bonds is 6. The predicted molar refractivity (Wildman–Crippen MR) is 140 cm³/mol. The van der Waals surface area contributed by atoms with Crippen LogP contribution >= 0.6 is 0 Å². The molecule has 0 bridgehead atoms.